The van der Waals surface area contributed by atoms with Crippen LogP contribution in [0.15, 0.2) is 41.0 Å². The van der Waals surface area contributed by atoms with Gasteiger partial charge in [0.25, 0.3) is 5.91 Å². The lowest BCUT2D eigenvalue weighted by Gasteiger charge is -2.14. The molecule has 0 saturated heterocycles. The number of primary amides is 1. The first-order chi connectivity index (χ1) is 12.1. The average molecular weight is 404 g/mol. The average Bonchev–Trinajstić information content (AvgIpc) is 3.11. The number of nitrogens with one attached hydrogen (secondary N) is 1. The van der Waals surface area contributed by atoms with Crippen LogP contribution in [0.4, 0.5) is 0 Å². The highest BCUT2D eigenvalue weighted by Crippen LogP contribution is 2.40. The van der Waals surface area contributed by atoms with Crippen LogP contribution in [0, 0.1) is 0 Å². The van der Waals surface area contributed by atoms with Gasteiger partial charge in [0.15, 0.2) is 17.2 Å². The fourth-order valence-electron chi connectivity index (χ4n) is 2.23. The maximum absolute atomic E-state index is 11.4. The lowest BCUT2D eigenvalue weighted by atomic mass is 10.1. The molecule has 1 aromatic carbocycles. The maximum Gasteiger partial charge on any atom is 0.271 e. The van der Waals surface area contributed by atoms with Crippen molar-refractivity contribution >= 4 is 21.8 Å². The van der Waals surface area contributed by atoms with Gasteiger partial charge >= 0.3 is 0 Å². The number of benzene rings is 1. The summed E-state index contributed by atoms with van der Waals surface area (Å²) in [6, 6.07) is 9.03. The molecular weight excluding hydrogens is 390 g/mol. The molecule has 3 N–H and O–H groups in total. The van der Waals surface area contributed by atoms with Crippen molar-refractivity contribution in [2.24, 2.45) is 5.73 Å². The van der Waals surface area contributed by atoms with Crippen molar-refractivity contribution in [2.45, 2.75) is 6.61 Å². The highest BCUT2D eigenvalue weighted by Gasteiger charge is 2.19. The molecule has 2 aromatic heterocycles. The zero-order valence-corrected chi connectivity index (χ0v) is 14.8. The van der Waals surface area contributed by atoms with Crippen molar-refractivity contribution in [3.8, 4) is 22.8 Å². The van der Waals surface area contributed by atoms with Crippen LogP contribution in [0.5, 0.6) is 11.5 Å². The number of carbonyl (C=O) groups excluding carboxylic acids is 1. The first-order valence-corrected chi connectivity index (χ1v) is 8.00. The second-order valence-corrected chi connectivity index (χ2v) is 5.84. The second-order valence-electron chi connectivity index (χ2n) is 4.98. The summed E-state index contributed by atoms with van der Waals surface area (Å²) in [5, 5.41) is 10.2. The molecule has 0 aliphatic carbocycles. The summed E-state index contributed by atoms with van der Waals surface area (Å²) in [5.74, 6) is 0.314. The van der Waals surface area contributed by atoms with E-state index in [-0.39, 0.29) is 12.3 Å². The molecule has 25 heavy (non-hydrogen) atoms. The Morgan fingerprint density at radius 3 is 2.84 bits per heavy atom. The van der Waals surface area contributed by atoms with Gasteiger partial charge in [0, 0.05) is 11.8 Å². The molecule has 0 bridgehead atoms. The fraction of sp³-hybridized carbons (Fsp3) is 0.125. The molecule has 128 valence electrons. The number of methoxy groups -OCH3 is 1. The molecule has 0 radical (unpaired) electrons. The Kier molecular flexibility index (Phi) is 4.94. The summed E-state index contributed by atoms with van der Waals surface area (Å²) in [4.78, 5) is 15.7. The molecule has 0 atom stereocenters. The Hall–Kier alpha value is -2.94. The number of H-pyrrole nitrogens is 1. The van der Waals surface area contributed by atoms with Gasteiger partial charge in [-0.3, -0.25) is 9.78 Å². The summed E-state index contributed by atoms with van der Waals surface area (Å²) in [6.07, 6.45) is 1.70. The minimum absolute atomic E-state index is 0.0520. The Labute approximate surface area is 151 Å². The standard InChI is InChI=1S/C16H14BrN5O3/c1-24-12-7-9(13-14(16(18)23)21-22-20-13)6-11(17)15(12)25-8-10-4-2-3-5-19-10/h2-7H,8H2,1H3,(H2,18,23)(H,20,21,22). The van der Waals surface area contributed by atoms with E-state index in [4.69, 9.17) is 15.2 Å². The number of aromatic nitrogens is 4. The largest absolute Gasteiger partial charge is 0.493 e. The third-order valence-corrected chi connectivity index (χ3v) is 3.96. The minimum atomic E-state index is -0.672. The van der Waals surface area contributed by atoms with E-state index in [1.807, 2.05) is 18.2 Å². The quantitative estimate of drug-likeness (QED) is 0.652. The number of rotatable bonds is 6. The first kappa shape index (κ1) is 16.9. The second kappa shape index (κ2) is 7.31. The van der Waals surface area contributed by atoms with Crippen LogP contribution in [-0.2, 0) is 6.61 Å². The normalized spacial score (nSPS) is 10.5. The predicted molar refractivity (Wildman–Crippen MR) is 93.2 cm³/mol. The number of nitrogens with zero attached hydrogens (tertiary/aromatic N) is 3. The summed E-state index contributed by atoms with van der Waals surface area (Å²) in [6.45, 7) is 0.283. The molecule has 9 heteroatoms. The third-order valence-electron chi connectivity index (χ3n) is 3.37. The molecule has 0 aliphatic heterocycles. The predicted octanol–water partition coefficient (Wildman–Crippen LogP) is 2.32. The topological polar surface area (TPSA) is 116 Å². The number of aromatic amines is 1. The van der Waals surface area contributed by atoms with Crippen molar-refractivity contribution in [3.63, 3.8) is 0 Å². The smallest absolute Gasteiger partial charge is 0.271 e. The maximum atomic E-state index is 11.4. The summed E-state index contributed by atoms with van der Waals surface area (Å²) in [5.41, 5.74) is 7.09. The Bertz CT molecular complexity index is 898. The van der Waals surface area contributed by atoms with Crippen molar-refractivity contribution in [1.82, 2.24) is 20.4 Å². The monoisotopic (exact) mass is 403 g/mol. The number of hydrogen-bond donors (Lipinski definition) is 2. The Morgan fingerprint density at radius 1 is 1.32 bits per heavy atom. The van der Waals surface area contributed by atoms with E-state index >= 15 is 0 Å². The molecule has 0 aliphatic rings. The number of carbonyl (C=O) groups is 1. The molecule has 0 unspecified atom stereocenters. The minimum Gasteiger partial charge on any atom is -0.493 e. The number of amides is 1. The summed E-state index contributed by atoms with van der Waals surface area (Å²) >= 11 is 3.46. The van der Waals surface area contributed by atoms with E-state index in [2.05, 4.69) is 36.3 Å². The molecular formula is C16H14BrN5O3. The van der Waals surface area contributed by atoms with Gasteiger partial charge in [-0.05, 0) is 40.2 Å². The van der Waals surface area contributed by atoms with Crippen molar-refractivity contribution < 1.29 is 14.3 Å². The molecule has 0 fully saturated rings. The van der Waals surface area contributed by atoms with Crippen LogP contribution in [-0.4, -0.2) is 33.4 Å². The van der Waals surface area contributed by atoms with E-state index in [0.717, 1.165) is 5.69 Å². The van der Waals surface area contributed by atoms with Crippen molar-refractivity contribution in [2.75, 3.05) is 7.11 Å². The number of hydrogen-bond acceptors (Lipinski definition) is 6. The molecule has 3 aromatic rings. The summed E-state index contributed by atoms with van der Waals surface area (Å²) in [7, 11) is 1.52. The van der Waals surface area contributed by atoms with Crippen LogP contribution < -0.4 is 15.2 Å². The van der Waals surface area contributed by atoms with Gasteiger partial charge in [-0.15, -0.1) is 0 Å². The van der Waals surface area contributed by atoms with E-state index in [1.54, 1.807) is 18.3 Å². The highest BCUT2D eigenvalue weighted by atomic mass is 79.9. The van der Waals surface area contributed by atoms with E-state index in [0.29, 0.717) is 27.2 Å². The van der Waals surface area contributed by atoms with Crippen LogP contribution in [0.2, 0.25) is 0 Å². The molecule has 0 saturated carbocycles. The van der Waals surface area contributed by atoms with Crippen LogP contribution in [0.25, 0.3) is 11.3 Å². The lowest BCUT2D eigenvalue weighted by Crippen LogP contribution is -2.12. The zero-order valence-electron chi connectivity index (χ0n) is 13.2. The van der Waals surface area contributed by atoms with E-state index in [1.165, 1.54) is 7.11 Å². The summed E-state index contributed by atoms with van der Waals surface area (Å²) < 4.78 is 11.9. The molecule has 2 heterocycles. The van der Waals surface area contributed by atoms with Crippen molar-refractivity contribution in [1.29, 1.82) is 0 Å². The van der Waals surface area contributed by atoms with Gasteiger partial charge in [0.1, 0.15) is 12.3 Å². The number of pyridine rings is 1. The molecule has 1 amide bonds. The fourth-order valence-corrected chi connectivity index (χ4v) is 2.79. The first-order valence-electron chi connectivity index (χ1n) is 7.21. The van der Waals surface area contributed by atoms with Gasteiger partial charge < -0.3 is 15.2 Å². The van der Waals surface area contributed by atoms with E-state index < -0.39 is 5.91 Å². The van der Waals surface area contributed by atoms with Gasteiger partial charge in [0.2, 0.25) is 0 Å². The number of ether oxygens (including phenoxy) is 2. The Morgan fingerprint density at radius 2 is 2.16 bits per heavy atom. The SMILES string of the molecule is COc1cc(-c2n[nH]nc2C(N)=O)cc(Br)c1OCc1ccccn1. The van der Waals surface area contributed by atoms with Crippen LogP contribution >= 0.6 is 15.9 Å². The van der Waals surface area contributed by atoms with Gasteiger partial charge in [-0.2, -0.15) is 15.4 Å². The van der Waals surface area contributed by atoms with E-state index in [9.17, 15) is 4.79 Å². The zero-order chi connectivity index (χ0) is 17.8. The van der Waals surface area contributed by atoms with Crippen LogP contribution in [0.3, 0.4) is 0 Å². The molecule has 0 spiro atoms. The number of nitrogens with two attached hydrogens (primary N) is 1. The van der Waals surface area contributed by atoms with Gasteiger partial charge in [-0.1, -0.05) is 6.07 Å². The van der Waals surface area contributed by atoms with Gasteiger partial charge in [0.05, 0.1) is 17.3 Å². The number of halogens is 1. The lowest BCUT2D eigenvalue weighted by molar-refractivity contribution is 0.0996. The third kappa shape index (κ3) is 3.61. The van der Waals surface area contributed by atoms with Crippen LogP contribution in [0.1, 0.15) is 16.2 Å². The Balaban J connectivity index is 1.93. The molecule has 8 nitrogen and oxygen atoms in total. The molecule has 3 rings (SSSR count). The van der Waals surface area contributed by atoms with Crippen molar-refractivity contribution in [3.05, 3.63) is 52.4 Å². The highest BCUT2D eigenvalue weighted by molar-refractivity contribution is 9.10. The van der Waals surface area contributed by atoms with Gasteiger partial charge in [-0.25, -0.2) is 0 Å².